The van der Waals surface area contributed by atoms with Crippen LogP contribution < -0.4 is 11.1 Å². The van der Waals surface area contributed by atoms with Crippen molar-refractivity contribution in [3.63, 3.8) is 0 Å². The zero-order valence-corrected chi connectivity index (χ0v) is 14.9. The maximum Gasteiger partial charge on any atom is 0.317 e. The number of aliphatic hydroxyl groups excluding tert-OH is 1. The Morgan fingerprint density at radius 2 is 2.12 bits per heavy atom. The molecule has 4 N–H and O–H groups in total. The monoisotopic (exact) mass is 347 g/mol. The minimum Gasteiger partial charge on any atom is -0.392 e. The van der Waals surface area contributed by atoms with Gasteiger partial charge in [-0.05, 0) is 30.9 Å². The van der Waals surface area contributed by atoms with E-state index in [4.69, 9.17) is 10.5 Å². The van der Waals surface area contributed by atoms with Gasteiger partial charge in [-0.25, -0.2) is 4.79 Å². The first-order valence-corrected chi connectivity index (χ1v) is 9.14. The molecule has 2 fully saturated rings. The van der Waals surface area contributed by atoms with Gasteiger partial charge in [0.25, 0.3) is 0 Å². The second-order valence-corrected chi connectivity index (χ2v) is 7.21. The molecule has 1 aromatic carbocycles. The van der Waals surface area contributed by atoms with Crippen molar-refractivity contribution in [3.05, 3.63) is 35.4 Å². The van der Waals surface area contributed by atoms with Crippen LogP contribution >= 0.6 is 0 Å². The van der Waals surface area contributed by atoms with E-state index in [9.17, 15) is 9.90 Å². The summed E-state index contributed by atoms with van der Waals surface area (Å²) in [5.74, 6) is 0. The number of urea groups is 1. The van der Waals surface area contributed by atoms with Gasteiger partial charge in [-0.15, -0.1) is 0 Å². The van der Waals surface area contributed by atoms with E-state index < -0.39 is 0 Å². The smallest absolute Gasteiger partial charge is 0.317 e. The molecule has 1 aromatic rings. The number of nitrogens with one attached hydrogen (secondary N) is 1. The Hall–Kier alpha value is -1.63. The van der Waals surface area contributed by atoms with Crippen molar-refractivity contribution >= 4 is 6.03 Å². The van der Waals surface area contributed by atoms with Gasteiger partial charge in [0.2, 0.25) is 0 Å². The van der Waals surface area contributed by atoms with Crippen molar-refractivity contribution < 1.29 is 14.6 Å². The molecule has 1 aliphatic carbocycles. The van der Waals surface area contributed by atoms with Crippen LogP contribution in [0.25, 0.3) is 0 Å². The molecule has 0 unspecified atom stereocenters. The quantitative estimate of drug-likeness (QED) is 0.751. The SMILES string of the molecule is Cc1ccccc1CNC(=O)N1CCC2(CC1)[C@@H](O)C[C@H]2OCCN. The number of amides is 2. The summed E-state index contributed by atoms with van der Waals surface area (Å²) in [6.07, 6.45) is 1.98. The van der Waals surface area contributed by atoms with Crippen LogP contribution in [0.3, 0.4) is 0 Å². The number of nitrogens with zero attached hydrogens (tertiary/aromatic N) is 1. The molecule has 1 saturated carbocycles. The molecule has 1 heterocycles. The van der Waals surface area contributed by atoms with Gasteiger partial charge in [0.05, 0.1) is 18.8 Å². The maximum atomic E-state index is 12.4. The molecule has 138 valence electrons. The van der Waals surface area contributed by atoms with Crippen molar-refractivity contribution in [1.82, 2.24) is 10.2 Å². The van der Waals surface area contributed by atoms with Gasteiger partial charge in [-0.3, -0.25) is 0 Å². The van der Waals surface area contributed by atoms with Gasteiger partial charge >= 0.3 is 6.03 Å². The molecule has 6 heteroatoms. The van der Waals surface area contributed by atoms with Gasteiger partial charge in [-0.2, -0.15) is 0 Å². The largest absolute Gasteiger partial charge is 0.392 e. The van der Waals surface area contributed by atoms with Gasteiger partial charge in [0.15, 0.2) is 0 Å². The summed E-state index contributed by atoms with van der Waals surface area (Å²) in [5.41, 5.74) is 7.63. The number of carbonyl (C=O) groups is 1. The molecule has 6 nitrogen and oxygen atoms in total. The van der Waals surface area contributed by atoms with Gasteiger partial charge in [-0.1, -0.05) is 24.3 Å². The lowest BCUT2D eigenvalue weighted by Crippen LogP contribution is -2.63. The molecule has 2 atom stereocenters. The van der Waals surface area contributed by atoms with Crippen molar-refractivity contribution in [2.45, 2.75) is 44.9 Å². The Morgan fingerprint density at radius 3 is 2.76 bits per heavy atom. The number of nitrogens with two attached hydrogens (primary N) is 1. The minimum absolute atomic E-state index is 0.0358. The van der Waals surface area contributed by atoms with E-state index >= 15 is 0 Å². The highest BCUT2D eigenvalue weighted by molar-refractivity contribution is 5.74. The molecule has 2 amide bonds. The lowest BCUT2D eigenvalue weighted by Gasteiger charge is -2.56. The van der Waals surface area contributed by atoms with Crippen LogP contribution in [0.5, 0.6) is 0 Å². The second-order valence-electron chi connectivity index (χ2n) is 7.21. The molecular weight excluding hydrogens is 318 g/mol. The third-order valence-electron chi connectivity index (χ3n) is 5.85. The molecule has 1 spiro atoms. The molecule has 0 aromatic heterocycles. The standard InChI is InChI=1S/C19H29N3O3/c1-14-4-2-3-5-15(14)13-21-18(24)22-9-6-19(7-10-22)16(23)12-17(19)25-11-8-20/h2-5,16-17,23H,6-13,20H2,1H3,(H,21,24)/t16-,17+/m0/s1. The van der Waals surface area contributed by atoms with Crippen molar-refractivity contribution in [2.24, 2.45) is 11.1 Å². The molecular formula is C19H29N3O3. The molecule has 3 rings (SSSR count). The van der Waals surface area contributed by atoms with Crippen LogP contribution in [0.4, 0.5) is 4.79 Å². The highest BCUT2D eigenvalue weighted by atomic mass is 16.5. The summed E-state index contributed by atoms with van der Waals surface area (Å²) in [7, 11) is 0. The summed E-state index contributed by atoms with van der Waals surface area (Å²) in [4.78, 5) is 14.3. The van der Waals surface area contributed by atoms with Crippen LogP contribution in [0.2, 0.25) is 0 Å². The summed E-state index contributed by atoms with van der Waals surface area (Å²) >= 11 is 0. The van der Waals surface area contributed by atoms with E-state index in [2.05, 4.69) is 5.32 Å². The molecule has 1 aliphatic heterocycles. The predicted molar refractivity (Wildman–Crippen MR) is 96.1 cm³/mol. The fraction of sp³-hybridized carbons (Fsp3) is 0.632. The second kappa shape index (κ2) is 7.72. The summed E-state index contributed by atoms with van der Waals surface area (Å²) in [6, 6.07) is 8.03. The van der Waals surface area contributed by atoms with E-state index in [1.165, 1.54) is 5.56 Å². The van der Waals surface area contributed by atoms with Crippen LogP contribution in [-0.4, -0.2) is 54.5 Å². The summed E-state index contributed by atoms with van der Waals surface area (Å²) in [5, 5.41) is 13.3. The van der Waals surface area contributed by atoms with Crippen LogP contribution in [0, 0.1) is 12.3 Å². The number of aryl methyl sites for hydroxylation is 1. The van der Waals surface area contributed by atoms with Crippen molar-refractivity contribution in [3.8, 4) is 0 Å². The molecule has 0 bridgehead atoms. The highest BCUT2D eigenvalue weighted by Crippen LogP contribution is 2.50. The Labute approximate surface area is 149 Å². The predicted octanol–water partition coefficient (Wildman–Crippen LogP) is 1.40. The summed E-state index contributed by atoms with van der Waals surface area (Å²) < 4.78 is 5.80. The lowest BCUT2D eigenvalue weighted by molar-refractivity contribution is -0.207. The number of benzene rings is 1. The minimum atomic E-state index is -0.326. The number of piperidine rings is 1. The zero-order chi connectivity index (χ0) is 17.9. The number of aliphatic hydroxyl groups is 1. The van der Waals surface area contributed by atoms with Crippen molar-refractivity contribution in [1.29, 1.82) is 0 Å². The molecule has 0 radical (unpaired) electrons. The van der Waals surface area contributed by atoms with Gasteiger partial charge in [0, 0.05) is 38.0 Å². The van der Waals surface area contributed by atoms with E-state index in [0.29, 0.717) is 39.2 Å². The number of hydrogen-bond donors (Lipinski definition) is 3. The Balaban J connectivity index is 1.50. The first-order chi connectivity index (χ1) is 12.1. The molecule has 2 aliphatic rings. The van der Waals surface area contributed by atoms with Gasteiger partial charge < -0.3 is 25.8 Å². The molecule has 1 saturated heterocycles. The first-order valence-electron chi connectivity index (χ1n) is 9.14. The third-order valence-corrected chi connectivity index (χ3v) is 5.85. The van der Waals surface area contributed by atoms with E-state index in [1.807, 2.05) is 36.1 Å². The highest BCUT2D eigenvalue weighted by Gasteiger charge is 2.56. The van der Waals surface area contributed by atoms with Gasteiger partial charge in [0.1, 0.15) is 0 Å². The molecule has 25 heavy (non-hydrogen) atoms. The Morgan fingerprint density at radius 1 is 1.40 bits per heavy atom. The van der Waals surface area contributed by atoms with E-state index in [-0.39, 0.29) is 23.7 Å². The normalized spacial score (nSPS) is 24.8. The fourth-order valence-electron chi connectivity index (χ4n) is 4.04. The summed E-state index contributed by atoms with van der Waals surface area (Å²) in [6.45, 7) is 4.91. The number of rotatable bonds is 5. The Bertz CT molecular complexity index is 599. The zero-order valence-electron chi connectivity index (χ0n) is 14.9. The number of likely N-dealkylation sites (tertiary alicyclic amines) is 1. The number of carbonyl (C=O) groups excluding carboxylic acids is 1. The topological polar surface area (TPSA) is 87.8 Å². The number of hydrogen-bond acceptors (Lipinski definition) is 4. The van der Waals surface area contributed by atoms with Crippen LogP contribution in [-0.2, 0) is 11.3 Å². The van der Waals surface area contributed by atoms with Crippen LogP contribution in [0.1, 0.15) is 30.4 Å². The maximum absolute atomic E-state index is 12.4. The first kappa shape index (κ1) is 18.2. The average molecular weight is 347 g/mol. The average Bonchev–Trinajstić information content (AvgIpc) is 2.64. The lowest BCUT2D eigenvalue weighted by atomic mass is 9.58. The number of ether oxygens (including phenoxy) is 1. The Kier molecular flexibility index (Phi) is 5.61. The van der Waals surface area contributed by atoms with Crippen LogP contribution in [0.15, 0.2) is 24.3 Å². The van der Waals surface area contributed by atoms with E-state index in [1.54, 1.807) is 0 Å². The van der Waals surface area contributed by atoms with Crippen molar-refractivity contribution in [2.75, 3.05) is 26.2 Å². The van der Waals surface area contributed by atoms with E-state index in [0.717, 1.165) is 18.4 Å². The third kappa shape index (κ3) is 3.66. The fourth-order valence-corrected chi connectivity index (χ4v) is 4.04.